The number of hydrogen-bond donors (Lipinski definition) is 1. The Morgan fingerprint density at radius 3 is 2.11 bits per heavy atom. The van der Waals surface area contributed by atoms with E-state index in [0.717, 1.165) is 18.9 Å². The molecule has 0 aliphatic heterocycles. The van der Waals surface area contributed by atoms with Gasteiger partial charge in [-0.05, 0) is 29.9 Å². The first-order valence-electron chi connectivity index (χ1n) is 5.91. The average molecular weight is 262 g/mol. The highest BCUT2D eigenvalue weighted by atomic mass is 19.3. The average Bonchev–Trinajstić information content (AvgIpc) is 2.22. The second-order valence-electron chi connectivity index (χ2n) is 4.96. The first-order valence-corrected chi connectivity index (χ1v) is 5.91. The van der Waals surface area contributed by atoms with E-state index in [1.165, 1.54) is 0 Å². The van der Waals surface area contributed by atoms with Gasteiger partial charge in [0.25, 0.3) is 0 Å². The summed E-state index contributed by atoms with van der Waals surface area (Å²) in [5.74, 6) is -0.715. The molecule has 0 aliphatic carbocycles. The van der Waals surface area contributed by atoms with Crippen LogP contribution in [-0.4, -0.2) is 11.2 Å². The summed E-state index contributed by atoms with van der Waals surface area (Å²) in [5, 5.41) is 8.34. The van der Waals surface area contributed by atoms with Crippen molar-refractivity contribution in [2.75, 3.05) is 0 Å². The topological polar surface area (TPSA) is 20.2 Å². The van der Waals surface area contributed by atoms with E-state index in [-0.39, 0.29) is 5.92 Å². The van der Waals surface area contributed by atoms with Crippen LogP contribution in [0.3, 0.4) is 0 Å². The van der Waals surface area contributed by atoms with E-state index < -0.39 is 17.5 Å². The highest BCUT2D eigenvalue weighted by Gasteiger charge is 2.32. The van der Waals surface area contributed by atoms with Gasteiger partial charge in [-0.25, -0.2) is 4.39 Å². The molecule has 0 radical (unpaired) electrons. The highest BCUT2D eigenvalue weighted by molar-refractivity contribution is 5.33. The van der Waals surface area contributed by atoms with Gasteiger partial charge in [-0.15, -0.1) is 0 Å². The normalized spacial score (nSPS) is 14.8. The molecular weight excluding hydrogens is 241 g/mol. The lowest BCUT2D eigenvalue weighted by molar-refractivity contribution is -0.164. The van der Waals surface area contributed by atoms with E-state index in [9.17, 15) is 13.2 Å². The largest absolute Gasteiger partial charge is 0.383 e. The third kappa shape index (κ3) is 6.05. The molecule has 104 valence electrons. The van der Waals surface area contributed by atoms with Gasteiger partial charge >= 0.3 is 6.11 Å². The Balaban J connectivity index is 4.58. The van der Waals surface area contributed by atoms with Gasteiger partial charge < -0.3 is 5.11 Å². The molecule has 1 atom stereocenters. The van der Waals surface area contributed by atoms with Crippen LogP contribution in [0.5, 0.6) is 0 Å². The van der Waals surface area contributed by atoms with E-state index in [0.29, 0.717) is 11.5 Å². The zero-order valence-corrected chi connectivity index (χ0v) is 11.1. The van der Waals surface area contributed by atoms with Crippen LogP contribution < -0.4 is 0 Å². The van der Waals surface area contributed by atoms with E-state index in [4.69, 9.17) is 5.11 Å². The lowest BCUT2D eigenvalue weighted by Crippen LogP contribution is -2.17. The van der Waals surface area contributed by atoms with Crippen LogP contribution in [0.4, 0.5) is 13.2 Å². The van der Waals surface area contributed by atoms with Crippen molar-refractivity contribution in [2.24, 2.45) is 11.8 Å². The summed E-state index contributed by atoms with van der Waals surface area (Å²) < 4.78 is 38.2. The summed E-state index contributed by atoms with van der Waals surface area (Å²) in [6.45, 7) is 12.5. The number of allylic oxidation sites excluding steroid dienone is 2. The molecule has 0 aliphatic rings. The van der Waals surface area contributed by atoms with Crippen LogP contribution >= 0.6 is 0 Å². The predicted octanol–water partition coefficient (Wildman–Crippen LogP) is 4.61. The zero-order valence-electron chi connectivity index (χ0n) is 11.1. The van der Waals surface area contributed by atoms with E-state index >= 15 is 0 Å². The van der Waals surface area contributed by atoms with E-state index in [1.807, 2.05) is 6.92 Å². The monoisotopic (exact) mass is 262 g/mol. The van der Waals surface area contributed by atoms with Crippen LogP contribution in [0.1, 0.15) is 33.6 Å². The van der Waals surface area contributed by atoms with Gasteiger partial charge in [0.2, 0.25) is 0 Å². The minimum absolute atomic E-state index is 0.00161. The fourth-order valence-electron chi connectivity index (χ4n) is 1.30. The minimum Gasteiger partial charge on any atom is -0.332 e. The molecule has 0 spiro atoms. The van der Waals surface area contributed by atoms with Gasteiger partial charge in [-0.1, -0.05) is 40.3 Å². The third-order valence-corrected chi connectivity index (χ3v) is 2.77. The van der Waals surface area contributed by atoms with E-state index in [2.05, 4.69) is 27.0 Å². The number of alkyl halides is 2. The van der Waals surface area contributed by atoms with Crippen LogP contribution in [0.25, 0.3) is 0 Å². The lowest BCUT2D eigenvalue weighted by atomic mass is 9.93. The molecule has 4 heteroatoms. The second kappa shape index (κ2) is 6.78. The fraction of sp³-hybridized carbons (Fsp3) is 0.571. The molecule has 1 N–H and O–H groups in total. The van der Waals surface area contributed by atoms with Gasteiger partial charge in [0, 0.05) is 0 Å². The molecule has 0 amide bonds. The molecule has 0 saturated carbocycles. The molecular formula is C14H21F3O. The lowest BCUT2D eigenvalue weighted by Gasteiger charge is -2.15. The van der Waals surface area contributed by atoms with Crippen molar-refractivity contribution in [3.63, 3.8) is 0 Å². The highest BCUT2D eigenvalue weighted by Crippen LogP contribution is 2.28. The minimum atomic E-state index is -4.23. The molecule has 0 bridgehead atoms. The predicted molar refractivity (Wildman–Crippen MR) is 67.9 cm³/mol. The summed E-state index contributed by atoms with van der Waals surface area (Å²) in [6, 6.07) is 0. The standard InChI is InChI=1S/C14H21F3O/c1-9(2)6-7-10(3)11(4)8-13(15)12(5)14(16,17)18/h8-10,18H,4-7H2,1-3H3/b13-8+. The maximum Gasteiger partial charge on any atom is 0.383 e. The van der Waals surface area contributed by atoms with Crippen molar-refractivity contribution in [1.82, 2.24) is 0 Å². The first-order chi connectivity index (χ1) is 8.05. The Bertz CT molecular complexity index is 337. The van der Waals surface area contributed by atoms with Gasteiger partial charge in [-0.2, -0.15) is 8.78 Å². The molecule has 0 saturated heterocycles. The summed E-state index contributed by atoms with van der Waals surface area (Å²) in [5.41, 5.74) is -0.821. The molecule has 0 rings (SSSR count). The Hall–Kier alpha value is -1.03. The quantitative estimate of drug-likeness (QED) is 0.664. The molecule has 1 unspecified atom stereocenters. The van der Waals surface area contributed by atoms with Crippen molar-refractivity contribution in [1.29, 1.82) is 0 Å². The summed E-state index contributed by atoms with van der Waals surface area (Å²) in [6.07, 6.45) is -1.56. The molecule has 1 nitrogen and oxygen atoms in total. The molecule has 0 aromatic heterocycles. The molecule has 0 heterocycles. The maximum atomic E-state index is 13.4. The Labute approximate surface area is 107 Å². The SMILES string of the molecule is C=C(/C=C(/F)C(=C)C(O)(F)F)C(C)CCC(C)C. The van der Waals surface area contributed by atoms with Crippen LogP contribution in [-0.2, 0) is 0 Å². The van der Waals surface area contributed by atoms with Gasteiger partial charge in [0.05, 0.1) is 5.57 Å². The number of aliphatic hydroxyl groups is 1. The van der Waals surface area contributed by atoms with Crippen LogP contribution in [0.2, 0.25) is 0 Å². The van der Waals surface area contributed by atoms with Crippen molar-refractivity contribution in [2.45, 2.75) is 39.7 Å². The smallest absolute Gasteiger partial charge is 0.332 e. The van der Waals surface area contributed by atoms with Gasteiger partial charge in [-0.3, -0.25) is 0 Å². The van der Waals surface area contributed by atoms with Crippen molar-refractivity contribution in [3.05, 3.63) is 36.2 Å². The Morgan fingerprint density at radius 1 is 1.22 bits per heavy atom. The molecule has 0 aromatic carbocycles. The summed E-state index contributed by atoms with van der Waals surface area (Å²) in [7, 11) is 0. The maximum absolute atomic E-state index is 13.4. The van der Waals surface area contributed by atoms with Crippen molar-refractivity contribution >= 4 is 0 Å². The number of halogens is 3. The Morgan fingerprint density at radius 2 is 1.72 bits per heavy atom. The van der Waals surface area contributed by atoms with Crippen molar-refractivity contribution in [3.8, 4) is 0 Å². The summed E-state index contributed by atoms with van der Waals surface area (Å²) >= 11 is 0. The van der Waals surface area contributed by atoms with Gasteiger partial charge in [0.15, 0.2) is 0 Å². The van der Waals surface area contributed by atoms with Gasteiger partial charge in [0.1, 0.15) is 5.83 Å². The third-order valence-electron chi connectivity index (χ3n) is 2.77. The Kier molecular flexibility index (Phi) is 6.39. The second-order valence-corrected chi connectivity index (χ2v) is 4.96. The summed E-state index contributed by atoms with van der Waals surface area (Å²) in [4.78, 5) is 0. The number of hydrogen-bond acceptors (Lipinski definition) is 1. The van der Waals surface area contributed by atoms with Crippen molar-refractivity contribution < 1.29 is 18.3 Å². The van der Waals surface area contributed by atoms with Crippen LogP contribution in [0, 0.1) is 11.8 Å². The molecule has 0 aromatic rings. The first kappa shape index (κ1) is 17.0. The fourth-order valence-corrected chi connectivity index (χ4v) is 1.30. The molecule has 0 fully saturated rings. The number of rotatable bonds is 7. The molecule has 18 heavy (non-hydrogen) atoms. The van der Waals surface area contributed by atoms with E-state index in [1.54, 1.807) is 0 Å². The zero-order chi connectivity index (χ0) is 14.5. The van der Waals surface area contributed by atoms with Crippen LogP contribution in [0.15, 0.2) is 36.2 Å².